The Bertz CT molecular complexity index is 566. The highest BCUT2D eigenvalue weighted by Gasteiger charge is 2.18. The standard InChI is InChI=1S/C16H20N2O/c1-11-8-9-15(19-3)14(10-11)16(18-17)13-7-5-4-6-12(13)2/h4-10,16,18H,17H2,1-3H3. The fourth-order valence-corrected chi connectivity index (χ4v) is 2.34. The van der Waals surface area contributed by atoms with Crippen LogP contribution in [0.4, 0.5) is 0 Å². The maximum absolute atomic E-state index is 5.77. The van der Waals surface area contributed by atoms with E-state index in [1.165, 1.54) is 11.1 Å². The second-order valence-electron chi connectivity index (χ2n) is 4.70. The van der Waals surface area contributed by atoms with E-state index < -0.39 is 0 Å². The lowest BCUT2D eigenvalue weighted by atomic mass is 9.94. The lowest BCUT2D eigenvalue weighted by Gasteiger charge is -2.21. The van der Waals surface area contributed by atoms with Gasteiger partial charge >= 0.3 is 0 Å². The van der Waals surface area contributed by atoms with Crippen LogP contribution in [0.1, 0.15) is 28.3 Å². The number of hydrogen-bond donors (Lipinski definition) is 2. The van der Waals surface area contributed by atoms with Gasteiger partial charge in [0.1, 0.15) is 5.75 Å². The van der Waals surface area contributed by atoms with Gasteiger partial charge in [0.25, 0.3) is 0 Å². The summed E-state index contributed by atoms with van der Waals surface area (Å²) in [6.45, 7) is 4.15. The summed E-state index contributed by atoms with van der Waals surface area (Å²) in [5.41, 5.74) is 7.50. The molecule has 0 bridgehead atoms. The normalized spacial score (nSPS) is 12.2. The molecule has 2 aromatic rings. The summed E-state index contributed by atoms with van der Waals surface area (Å²) in [5, 5.41) is 0. The molecule has 3 N–H and O–H groups in total. The van der Waals surface area contributed by atoms with Crippen molar-refractivity contribution in [1.82, 2.24) is 5.43 Å². The predicted molar refractivity (Wildman–Crippen MR) is 78.1 cm³/mol. The molecule has 2 aromatic carbocycles. The number of rotatable bonds is 4. The number of methoxy groups -OCH3 is 1. The van der Waals surface area contributed by atoms with Gasteiger partial charge in [0.05, 0.1) is 13.2 Å². The van der Waals surface area contributed by atoms with Crippen LogP contribution < -0.4 is 16.0 Å². The van der Waals surface area contributed by atoms with E-state index in [-0.39, 0.29) is 6.04 Å². The molecule has 0 heterocycles. The molecule has 3 nitrogen and oxygen atoms in total. The van der Waals surface area contributed by atoms with Gasteiger partial charge < -0.3 is 4.74 Å². The molecule has 19 heavy (non-hydrogen) atoms. The summed E-state index contributed by atoms with van der Waals surface area (Å²) in [4.78, 5) is 0. The molecule has 100 valence electrons. The molecule has 0 aliphatic carbocycles. The lowest BCUT2D eigenvalue weighted by molar-refractivity contribution is 0.404. The van der Waals surface area contributed by atoms with Crippen molar-refractivity contribution in [3.63, 3.8) is 0 Å². The van der Waals surface area contributed by atoms with Gasteiger partial charge in [-0.3, -0.25) is 5.84 Å². The summed E-state index contributed by atoms with van der Waals surface area (Å²) in [6.07, 6.45) is 0. The third-order valence-corrected chi connectivity index (χ3v) is 3.36. The summed E-state index contributed by atoms with van der Waals surface area (Å²) in [5.74, 6) is 6.62. The molecule has 2 rings (SSSR count). The first kappa shape index (κ1) is 13.6. The van der Waals surface area contributed by atoms with Gasteiger partial charge in [-0.25, -0.2) is 5.43 Å². The van der Waals surface area contributed by atoms with Crippen LogP contribution in [0.25, 0.3) is 0 Å². The second-order valence-corrected chi connectivity index (χ2v) is 4.70. The van der Waals surface area contributed by atoms with Gasteiger partial charge in [0.15, 0.2) is 0 Å². The van der Waals surface area contributed by atoms with Gasteiger partial charge in [-0.2, -0.15) is 0 Å². The maximum Gasteiger partial charge on any atom is 0.124 e. The number of aryl methyl sites for hydroxylation is 2. The molecule has 0 aromatic heterocycles. The van der Waals surface area contributed by atoms with Crippen molar-refractivity contribution in [3.05, 3.63) is 64.7 Å². The molecule has 0 saturated heterocycles. The van der Waals surface area contributed by atoms with E-state index in [0.29, 0.717) is 0 Å². The molecule has 3 heteroatoms. The van der Waals surface area contributed by atoms with Crippen LogP contribution in [0.2, 0.25) is 0 Å². The highest BCUT2D eigenvalue weighted by atomic mass is 16.5. The van der Waals surface area contributed by atoms with E-state index in [2.05, 4.69) is 37.5 Å². The first-order chi connectivity index (χ1) is 9.17. The van der Waals surface area contributed by atoms with Gasteiger partial charge in [-0.15, -0.1) is 0 Å². The van der Waals surface area contributed by atoms with Crippen LogP contribution in [0.15, 0.2) is 42.5 Å². The minimum atomic E-state index is -0.0731. The number of hydrogen-bond acceptors (Lipinski definition) is 3. The number of nitrogens with one attached hydrogen (secondary N) is 1. The quantitative estimate of drug-likeness (QED) is 0.653. The highest BCUT2D eigenvalue weighted by molar-refractivity contribution is 5.45. The summed E-state index contributed by atoms with van der Waals surface area (Å²) in [6, 6.07) is 14.3. The van der Waals surface area contributed by atoms with Gasteiger partial charge in [-0.05, 0) is 31.0 Å². The minimum Gasteiger partial charge on any atom is -0.496 e. The van der Waals surface area contributed by atoms with Crippen molar-refractivity contribution in [2.45, 2.75) is 19.9 Å². The molecule has 0 fully saturated rings. The molecule has 1 atom stereocenters. The van der Waals surface area contributed by atoms with Crippen LogP contribution in [0, 0.1) is 13.8 Å². The number of nitrogens with two attached hydrogens (primary N) is 1. The van der Waals surface area contributed by atoms with E-state index in [9.17, 15) is 0 Å². The molecule has 0 amide bonds. The average molecular weight is 256 g/mol. The summed E-state index contributed by atoms with van der Waals surface area (Å²) >= 11 is 0. The van der Waals surface area contributed by atoms with Crippen molar-refractivity contribution in [3.8, 4) is 5.75 Å². The molecular weight excluding hydrogens is 236 g/mol. The highest BCUT2D eigenvalue weighted by Crippen LogP contribution is 2.31. The molecular formula is C16H20N2O. The molecule has 1 unspecified atom stereocenters. The first-order valence-corrected chi connectivity index (χ1v) is 6.33. The van der Waals surface area contributed by atoms with Crippen LogP contribution in [-0.4, -0.2) is 7.11 Å². The fraction of sp³-hybridized carbons (Fsp3) is 0.250. The zero-order valence-electron chi connectivity index (χ0n) is 11.6. The van der Waals surface area contributed by atoms with Crippen LogP contribution in [0.3, 0.4) is 0 Å². The minimum absolute atomic E-state index is 0.0731. The zero-order valence-corrected chi connectivity index (χ0v) is 11.6. The van der Waals surface area contributed by atoms with Crippen LogP contribution in [-0.2, 0) is 0 Å². The van der Waals surface area contributed by atoms with Gasteiger partial charge in [-0.1, -0.05) is 42.0 Å². The Morgan fingerprint density at radius 1 is 1.05 bits per heavy atom. The van der Waals surface area contributed by atoms with E-state index >= 15 is 0 Å². The maximum atomic E-state index is 5.77. The van der Waals surface area contributed by atoms with Crippen molar-refractivity contribution in [2.75, 3.05) is 7.11 Å². The first-order valence-electron chi connectivity index (χ1n) is 6.33. The van der Waals surface area contributed by atoms with Crippen molar-refractivity contribution in [2.24, 2.45) is 5.84 Å². The van der Waals surface area contributed by atoms with Crippen LogP contribution in [0.5, 0.6) is 5.75 Å². The second kappa shape index (κ2) is 5.87. The third-order valence-electron chi connectivity index (χ3n) is 3.36. The van der Waals surface area contributed by atoms with Crippen LogP contribution >= 0.6 is 0 Å². The van der Waals surface area contributed by atoms with Gasteiger partial charge in [0, 0.05) is 5.56 Å². The Morgan fingerprint density at radius 3 is 2.42 bits per heavy atom. The molecule has 0 aliphatic rings. The van der Waals surface area contributed by atoms with Gasteiger partial charge in [0.2, 0.25) is 0 Å². The predicted octanol–water partition coefficient (Wildman–Crippen LogP) is 2.86. The van der Waals surface area contributed by atoms with Crippen molar-refractivity contribution in [1.29, 1.82) is 0 Å². The number of hydrazine groups is 1. The molecule has 0 radical (unpaired) electrons. The van der Waals surface area contributed by atoms with Crippen molar-refractivity contribution >= 4 is 0 Å². The van der Waals surface area contributed by atoms with E-state index in [1.807, 2.05) is 24.3 Å². The van der Waals surface area contributed by atoms with E-state index in [0.717, 1.165) is 16.9 Å². The summed E-state index contributed by atoms with van der Waals surface area (Å²) < 4.78 is 5.45. The average Bonchev–Trinajstić information content (AvgIpc) is 2.42. The largest absolute Gasteiger partial charge is 0.496 e. The Balaban J connectivity index is 2.54. The molecule has 0 aliphatic heterocycles. The monoisotopic (exact) mass is 256 g/mol. The zero-order chi connectivity index (χ0) is 13.8. The van der Waals surface area contributed by atoms with E-state index in [1.54, 1.807) is 7.11 Å². The lowest BCUT2D eigenvalue weighted by Crippen LogP contribution is -2.29. The Kier molecular flexibility index (Phi) is 4.20. The number of benzene rings is 2. The Morgan fingerprint density at radius 2 is 1.79 bits per heavy atom. The summed E-state index contributed by atoms with van der Waals surface area (Å²) in [7, 11) is 1.68. The fourth-order valence-electron chi connectivity index (χ4n) is 2.34. The van der Waals surface area contributed by atoms with E-state index in [4.69, 9.17) is 10.6 Å². The number of ether oxygens (including phenoxy) is 1. The third kappa shape index (κ3) is 2.78. The smallest absolute Gasteiger partial charge is 0.124 e. The molecule has 0 spiro atoms. The Hall–Kier alpha value is -1.84. The topological polar surface area (TPSA) is 47.3 Å². The SMILES string of the molecule is COc1ccc(C)cc1C(NN)c1ccccc1C. The molecule has 0 saturated carbocycles. The Labute approximate surface area is 114 Å². The van der Waals surface area contributed by atoms with Crippen molar-refractivity contribution < 1.29 is 4.74 Å².